The Balaban J connectivity index is 2.46. The first kappa shape index (κ1) is 8.50. The van der Waals surface area contributed by atoms with E-state index in [9.17, 15) is 4.79 Å². The van der Waals surface area contributed by atoms with Gasteiger partial charge in [-0.15, -0.1) is 0 Å². The Morgan fingerprint density at radius 2 is 2.21 bits per heavy atom. The summed E-state index contributed by atoms with van der Waals surface area (Å²) in [5, 5.41) is 8.72. The van der Waals surface area contributed by atoms with Crippen LogP contribution >= 0.6 is 0 Å². The number of furan rings is 1. The van der Waals surface area contributed by atoms with Crippen LogP contribution < -0.4 is 0 Å². The number of hydrogen-bond acceptors (Lipinski definition) is 3. The highest BCUT2D eigenvalue weighted by molar-refractivity contribution is 5.87. The lowest BCUT2D eigenvalue weighted by Gasteiger charge is -1.97. The number of hydrogen-bond donors (Lipinski definition) is 1. The summed E-state index contributed by atoms with van der Waals surface area (Å²) < 4.78 is 4.90. The maximum Gasteiger partial charge on any atom is 0.354 e. The molecule has 0 saturated heterocycles. The molecular weight excluding hydrogens is 182 g/mol. The van der Waals surface area contributed by atoms with E-state index < -0.39 is 5.97 Å². The van der Waals surface area contributed by atoms with Crippen molar-refractivity contribution >= 4 is 5.97 Å². The molecule has 0 amide bonds. The van der Waals surface area contributed by atoms with Crippen molar-refractivity contribution in [2.24, 2.45) is 0 Å². The minimum atomic E-state index is -1.03. The van der Waals surface area contributed by atoms with Gasteiger partial charge in [-0.2, -0.15) is 0 Å². The van der Waals surface area contributed by atoms with Gasteiger partial charge in [0.1, 0.15) is 5.69 Å². The van der Waals surface area contributed by atoms with Crippen molar-refractivity contribution in [1.29, 1.82) is 0 Å². The molecule has 0 aliphatic carbocycles. The predicted octanol–water partition coefficient (Wildman–Crippen LogP) is 2.04. The summed E-state index contributed by atoms with van der Waals surface area (Å²) >= 11 is 0. The van der Waals surface area contributed by atoms with E-state index in [1.165, 1.54) is 18.5 Å². The molecule has 70 valence electrons. The van der Waals surface area contributed by atoms with Crippen molar-refractivity contribution < 1.29 is 14.3 Å². The normalized spacial score (nSPS) is 10.0. The SMILES string of the molecule is O=C(O)c1cc(-c2ccoc2)ccn1. The molecule has 2 aromatic heterocycles. The first-order valence-corrected chi connectivity index (χ1v) is 3.99. The van der Waals surface area contributed by atoms with Crippen LogP contribution in [0, 0.1) is 0 Å². The number of carboxylic acids is 1. The summed E-state index contributed by atoms with van der Waals surface area (Å²) in [6, 6.07) is 5.01. The summed E-state index contributed by atoms with van der Waals surface area (Å²) in [6.07, 6.45) is 4.56. The maximum atomic E-state index is 10.6. The third-order valence-corrected chi connectivity index (χ3v) is 1.83. The van der Waals surface area contributed by atoms with Gasteiger partial charge in [-0.25, -0.2) is 9.78 Å². The van der Waals surface area contributed by atoms with Gasteiger partial charge in [0.05, 0.1) is 12.5 Å². The van der Waals surface area contributed by atoms with Gasteiger partial charge in [0.25, 0.3) is 0 Å². The van der Waals surface area contributed by atoms with Crippen LogP contribution in [0.25, 0.3) is 11.1 Å². The predicted molar refractivity (Wildman–Crippen MR) is 48.9 cm³/mol. The van der Waals surface area contributed by atoms with Crippen molar-refractivity contribution in [3.05, 3.63) is 42.6 Å². The highest BCUT2D eigenvalue weighted by Crippen LogP contribution is 2.19. The lowest BCUT2D eigenvalue weighted by atomic mass is 10.1. The highest BCUT2D eigenvalue weighted by Gasteiger charge is 2.06. The molecule has 14 heavy (non-hydrogen) atoms. The molecule has 2 rings (SSSR count). The van der Waals surface area contributed by atoms with Crippen LogP contribution in [0.1, 0.15) is 10.5 Å². The Hall–Kier alpha value is -2.10. The van der Waals surface area contributed by atoms with E-state index in [1.807, 2.05) is 0 Å². The minimum Gasteiger partial charge on any atom is -0.477 e. The molecule has 0 aliphatic rings. The van der Waals surface area contributed by atoms with Crippen molar-refractivity contribution in [2.75, 3.05) is 0 Å². The lowest BCUT2D eigenvalue weighted by Crippen LogP contribution is -1.99. The first-order chi connectivity index (χ1) is 6.77. The van der Waals surface area contributed by atoms with Crippen LogP contribution in [0.15, 0.2) is 41.3 Å². The van der Waals surface area contributed by atoms with E-state index in [4.69, 9.17) is 9.52 Å². The summed E-state index contributed by atoms with van der Waals surface area (Å²) in [6.45, 7) is 0. The summed E-state index contributed by atoms with van der Waals surface area (Å²) in [5.74, 6) is -1.03. The molecule has 0 bridgehead atoms. The van der Waals surface area contributed by atoms with Crippen LogP contribution in [-0.4, -0.2) is 16.1 Å². The van der Waals surface area contributed by atoms with Crippen LogP contribution in [0.4, 0.5) is 0 Å². The maximum absolute atomic E-state index is 10.6. The standard InChI is InChI=1S/C10H7NO3/c12-10(13)9-5-7(1-3-11-9)8-2-4-14-6-8/h1-6H,(H,12,13). The number of rotatable bonds is 2. The van der Waals surface area contributed by atoms with Gasteiger partial charge in [0.15, 0.2) is 0 Å². The smallest absolute Gasteiger partial charge is 0.354 e. The summed E-state index contributed by atoms with van der Waals surface area (Å²) in [5.41, 5.74) is 1.66. The number of aromatic nitrogens is 1. The molecule has 0 aromatic carbocycles. The third kappa shape index (κ3) is 1.50. The fourth-order valence-electron chi connectivity index (χ4n) is 1.16. The molecule has 4 nitrogen and oxygen atoms in total. The van der Waals surface area contributed by atoms with Gasteiger partial charge in [-0.1, -0.05) is 0 Å². The van der Waals surface area contributed by atoms with E-state index >= 15 is 0 Å². The number of nitrogens with zero attached hydrogens (tertiary/aromatic N) is 1. The number of pyridine rings is 1. The van der Waals surface area contributed by atoms with Gasteiger partial charge in [0.2, 0.25) is 0 Å². The molecule has 0 aliphatic heterocycles. The fourth-order valence-corrected chi connectivity index (χ4v) is 1.16. The van der Waals surface area contributed by atoms with E-state index in [0.717, 1.165) is 11.1 Å². The molecule has 2 heterocycles. The highest BCUT2D eigenvalue weighted by atomic mass is 16.4. The van der Waals surface area contributed by atoms with Crippen LogP contribution in [-0.2, 0) is 0 Å². The van der Waals surface area contributed by atoms with E-state index in [-0.39, 0.29) is 5.69 Å². The molecule has 0 fully saturated rings. The Morgan fingerprint density at radius 1 is 1.36 bits per heavy atom. The Morgan fingerprint density at radius 3 is 2.86 bits per heavy atom. The molecule has 0 spiro atoms. The molecule has 0 saturated carbocycles. The Kier molecular flexibility index (Phi) is 2.02. The molecule has 2 aromatic rings. The van der Waals surface area contributed by atoms with Gasteiger partial charge >= 0.3 is 5.97 Å². The Labute approximate surface area is 79.8 Å². The molecule has 0 atom stereocenters. The summed E-state index contributed by atoms with van der Waals surface area (Å²) in [7, 11) is 0. The third-order valence-electron chi connectivity index (χ3n) is 1.83. The van der Waals surface area contributed by atoms with Crippen LogP contribution in [0.5, 0.6) is 0 Å². The second-order valence-corrected chi connectivity index (χ2v) is 2.75. The molecule has 0 radical (unpaired) electrons. The average molecular weight is 189 g/mol. The van der Waals surface area contributed by atoms with Crippen molar-refractivity contribution in [1.82, 2.24) is 4.98 Å². The molecular formula is C10H7NO3. The zero-order valence-corrected chi connectivity index (χ0v) is 7.18. The van der Waals surface area contributed by atoms with Crippen LogP contribution in [0.3, 0.4) is 0 Å². The summed E-state index contributed by atoms with van der Waals surface area (Å²) in [4.78, 5) is 14.4. The quantitative estimate of drug-likeness (QED) is 0.785. The van der Waals surface area contributed by atoms with Gasteiger partial charge in [0, 0.05) is 11.8 Å². The fraction of sp³-hybridized carbons (Fsp3) is 0. The van der Waals surface area contributed by atoms with Gasteiger partial charge in [-0.3, -0.25) is 0 Å². The number of carboxylic acid groups (broad SMARTS) is 1. The number of carbonyl (C=O) groups is 1. The largest absolute Gasteiger partial charge is 0.477 e. The minimum absolute atomic E-state index is 0.0312. The topological polar surface area (TPSA) is 63.3 Å². The zero-order valence-electron chi connectivity index (χ0n) is 7.18. The monoisotopic (exact) mass is 189 g/mol. The Bertz CT molecular complexity index is 448. The van der Waals surface area contributed by atoms with E-state index in [0.29, 0.717) is 0 Å². The van der Waals surface area contributed by atoms with Crippen molar-refractivity contribution in [2.45, 2.75) is 0 Å². The number of aromatic carboxylic acids is 1. The van der Waals surface area contributed by atoms with Gasteiger partial charge < -0.3 is 9.52 Å². The van der Waals surface area contributed by atoms with Crippen molar-refractivity contribution in [3.63, 3.8) is 0 Å². The van der Waals surface area contributed by atoms with Crippen molar-refractivity contribution in [3.8, 4) is 11.1 Å². The second kappa shape index (κ2) is 3.33. The lowest BCUT2D eigenvalue weighted by molar-refractivity contribution is 0.0690. The van der Waals surface area contributed by atoms with Crippen LogP contribution in [0.2, 0.25) is 0 Å². The molecule has 4 heteroatoms. The van der Waals surface area contributed by atoms with E-state index in [1.54, 1.807) is 18.4 Å². The zero-order chi connectivity index (χ0) is 9.97. The average Bonchev–Trinajstić information content (AvgIpc) is 2.71. The molecule has 1 N–H and O–H groups in total. The van der Waals surface area contributed by atoms with Gasteiger partial charge in [-0.05, 0) is 23.8 Å². The molecule has 0 unspecified atom stereocenters. The first-order valence-electron chi connectivity index (χ1n) is 3.99. The second-order valence-electron chi connectivity index (χ2n) is 2.75. The van der Waals surface area contributed by atoms with E-state index in [2.05, 4.69) is 4.98 Å².